The molecule has 1 aliphatic carbocycles. The first-order chi connectivity index (χ1) is 28.0. The maximum atomic E-state index is 12.2. The maximum absolute atomic E-state index is 12.2. The first-order valence-corrected chi connectivity index (χ1v) is 21.6. The molecule has 2 heterocycles. The molecular weight excluding hydrogens is 764 g/mol. The number of hydrogen-bond acceptors (Lipinski definition) is 5. The number of nitrogens with zero attached hydrogens (tertiary/aromatic N) is 2. The summed E-state index contributed by atoms with van der Waals surface area (Å²) in [5.74, 6) is -2.55. The van der Waals surface area contributed by atoms with Crippen LogP contribution in [0.15, 0.2) is 94.7 Å². The topological polar surface area (TPSA) is 139 Å². The van der Waals surface area contributed by atoms with Crippen molar-refractivity contribution in [2.45, 2.75) is 135 Å². The molecule has 59 heavy (non-hydrogen) atoms. The Hall–Kier alpha value is -4.96. The number of hydrogen-bond donors (Lipinski definition) is 4. The molecule has 0 bridgehead atoms. The Morgan fingerprint density at radius 1 is 0.763 bits per heavy atom. The van der Waals surface area contributed by atoms with E-state index in [4.69, 9.17) is 21.8 Å². The van der Waals surface area contributed by atoms with Crippen LogP contribution in [-0.2, 0) is 30.0 Å². The van der Waals surface area contributed by atoms with E-state index in [1.165, 1.54) is 47.8 Å². The smallest absolute Gasteiger partial charge is 0.325 e. The van der Waals surface area contributed by atoms with E-state index in [1.807, 2.05) is 0 Å². The number of carbonyl (C=O) groups excluding carboxylic acids is 2. The van der Waals surface area contributed by atoms with Crippen LogP contribution in [0.1, 0.15) is 123 Å². The predicted octanol–water partition coefficient (Wildman–Crippen LogP) is 9.20. The molecule has 4 N–H and O–H groups in total. The van der Waals surface area contributed by atoms with Gasteiger partial charge in [0.25, 0.3) is 0 Å². The third-order valence-corrected chi connectivity index (χ3v) is 12.5. The van der Waals surface area contributed by atoms with E-state index in [2.05, 4.69) is 121 Å². The quantitative estimate of drug-likeness (QED) is 0.0819. The van der Waals surface area contributed by atoms with Crippen molar-refractivity contribution in [3.8, 4) is 0 Å². The number of anilines is 1. The number of benzene rings is 2. The van der Waals surface area contributed by atoms with Crippen LogP contribution in [0.3, 0.4) is 0 Å². The van der Waals surface area contributed by atoms with Crippen LogP contribution in [0.5, 0.6) is 0 Å². The van der Waals surface area contributed by atoms with Gasteiger partial charge in [-0.15, -0.1) is 0 Å². The molecule has 2 aromatic carbocycles. The summed E-state index contributed by atoms with van der Waals surface area (Å²) in [7, 11) is 0. The van der Waals surface area contributed by atoms with E-state index >= 15 is 0 Å². The SMILES string of the molecule is C[C@H](NC(=O)CCCCCN1/C(=C/C=C2\CCCC(/C=C/C3=[N+](CCCCCC(=O)N[C@@H](C)C(=O)O)c4ccccc4C3(C)C)=C2Cl)C(C)(C)c2ccccc21)C(=O)O. The lowest BCUT2D eigenvalue weighted by Gasteiger charge is -2.27. The first kappa shape index (κ1) is 45.1. The molecule has 0 aromatic heterocycles. The van der Waals surface area contributed by atoms with E-state index in [0.717, 1.165) is 74.2 Å². The molecular formula is C48H62ClN4O6+. The van der Waals surface area contributed by atoms with Gasteiger partial charge < -0.3 is 25.7 Å². The van der Waals surface area contributed by atoms with Crippen molar-refractivity contribution in [2.75, 3.05) is 18.0 Å². The Kier molecular flexibility index (Phi) is 15.2. The van der Waals surface area contributed by atoms with Crippen LogP contribution < -0.4 is 15.5 Å². The Labute approximate surface area is 354 Å². The number of carbonyl (C=O) groups is 4. The Bertz CT molecular complexity index is 2080. The van der Waals surface area contributed by atoms with Gasteiger partial charge >= 0.3 is 11.9 Å². The third kappa shape index (κ3) is 10.8. The number of fused-ring (bicyclic) bond motifs is 2. The third-order valence-electron chi connectivity index (χ3n) is 12.0. The van der Waals surface area contributed by atoms with Gasteiger partial charge in [-0.25, -0.2) is 0 Å². The second kappa shape index (κ2) is 19.9. The highest BCUT2D eigenvalue weighted by molar-refractivity contribution is 6.32. The van der Waals surface area contributed by atoms with Gasteiger partial charge in [0.2, 0.25) is 17.5 Å². The molecule has 0 radical (unpaired) electrons. The highest BCUT2D eigenvalue weighted by Crippen LogP contribution is 2.48. The Morgan fingerprint density at radius 3 is 2.00 bits per heavy atom. The van der Waals surface area contributed by atoms with Gasteiger partial charge in [0.15, 0.2) is 5.71 Å². The van der Waals surface area contributed by atoms with Gasteiger partial charge in [-0.1, -0.05) is 80.4 Å². The lowest BCUT2D eigenvalue weighted by Crippen LogP contribution is -2.38. The van der Waals surface area contributed by atoms with Gasteiger partial charge in [-0.3, -0.25) is 19.2 Å². The largest absolute Gasteiger partial charge is 0.480 e. The minimum atomic E-state index is -1.04. The van der Waals surface area contributed by atoms with E-state index in [0.29, 0.717) is 25.7 Å². The van der Waals surface area contributed by atoms with Crippen molar-refractivity contribution in [2.24, 2.45) is 0 Å². The summed E-state index contributed by atoms with van der Waals surface area (Å²) < 4.78 is 2.40. The number of carboxylic acid groups (broad SMARTS) is 2. The Balaban J connectivity index is 1.31. The number of para-hydroxylation sites is 2. The molecule has 2 aliphatic heterocycles. The van der Waals surface area contributed by atoms with Crippen LogP contribution >= 0.6 is 11.6 Å². The van der Waals surface area contributed by atoms with Gasteiger partial charge in [0, 0.05) is 65.3 Å². The number of allylic oxidation sites excluding steroid dienone is 8. The zero-order chi connectivity index (χ0) is 42.9. The van der Waals surface area contributed by atoms with Crippen LogP contribution in [-0.4, -0.2) is 69.4 Å². The van der Waals surface area contributed by atoms with Gasteiger partial charge in [0.05, 0.1) is 5.41 Å². The van der Waals surface area contributed by atoms with Crippen LogP contribution in [0.4, 0.5) is 11.4 Å². The molecule has 0 unspecified atom stereocenters. The fraction of sp³-hybridized carbons (Fsp3) is 0.479. The average molecular weight is 826 g/mol. The monoisotopic (exact) mass is 825 g/mol. The molecule has 0 saturated heterocycles. The minimum absolute atomic E-state index is 0.220. The number of carboxylic acids is 2. The molecule has 316 valence electrons. The Morgan fingerprint density at radius 2 is 1.36 bits per heavy atom. The van der Waals surface area contributed by atoms with Crippen LogP contribution in [0.2, 0.25) is 0 Å². The fourth-order valence-corrected chi connectivity index (χ4v) is 8.86. The zero-order valence-electron chi connectivity index (χ0n) is 35.6. The normalized spacial score (nSPS) is 19.3. The van der Waals surface area contributed by atoms with E-state index < -0.39 is 24.0 Å². The van der Waals surface area contributed by atoms with Crippen molar-refractivity contribution < 1.29 is 34.0 Å². The lowest BCUT2D eigenvalue weighted by atomic mass is 9.81. The number of rotatable bonds is 19. The molecule has 2 atom stereocenters. The maximum Gasteiger partial charge on any atom is 0.325 e. The fourth-order valence-electron chi connectivity index (χ4n) is 8.55. The zero-order valence-corrected chi connectivity index (χ0v) is 36.3. The summed E-state index contributed by atoms with van der Waals surface area (Å²) in [6, 6.07) is 15.3. The highest BCUT2D eigenvalue weighted by Gasteiger charge is 2.44. The second-order valence-electron chi connectivity index (χ2n) is 17.1. The molecule has 2 aromatic rings. The molecule has 11 heteroatoms. The molecule has 5 rings (SSSR count). The van der Waals surface area contributed by atoms with E-state index in [1.54, 1.807) is 0 Å². The van der Waals surface area contributed by atoms with Crippen molar-refractivity contribution >= 4 is 52.4 Å². The van der Waals surface area contributed by atoms with Gasteiger partial charge in [-0.2, -0.15) is 4.58 Å². The molecule has 10 nitrogen and oxygen atoms in total. The summed E-state index contributed by atoms with van der Waals surface area (Å²) in [6.07, 6.45) is 17.1. The van der Waals surface area contributed by atoms with E-state index in [9.17, 15) is 19.2 Å². The molecule has 0 spiro atoms. The summed E-state index contributed by atoms with van der Waals surface area (Å²) in [6.45, 7) is 13.6. The molecule has 0 saturated carbocycles. The van der Waals surface area contributed by atoms with Gasteiger partial charge in [-0.05, 0) is 101 Å². The minimum Gasteiger partial charge on any atom is -0.480 e. The van der Waals surface area contributed by atoms with Gasteiger partial charge in [0.1, 0.15) is 18.6 Å². The van der Waals surface area contributed by atoms with Crippen molar-refractivity contribution in [1.82, 2.24) is 10.6 Å². The lowest BCUT2D eigenvalue weighted by molar-refractivity contribution is -0.438. The summed E-state index contributed by atoms with van der Waals surface area (Å²) in [5.41, 5.74) is 9.16. The predicted molar refractivity (Wildman–Crippen MR) is 236 cm³/mol. The number of halogens is 1. The second-order valence-corrected chi connectivity index (χ2v) is 17.5. The van der Waals surface area contributed by atoms with E-state index in [-0.39, 0.29) is 22.6 Å². The number of aliphatic carboxylic acids is 2. The summed E-state index contributed by atoms with van der Waals surface area (Å²) >= 11 is 7.26. The standard InChI is InChI=1S/C48H61ClN4O6/c1-32(45(56)57)50-42(54)24-9-7-15-30-52-38-22-13-11-20-36(38)47(3,4)40(52)28-26-34-18-17-19-35(44(34)49)27-29-41-48(5,6)37-21-12-14-23-39(37)53(41)31-16-8-10-25-43(55)51-33(2)46(58)59/h11-14,20-23,26-29,32-33H,7-10,15-19,24-25,30-31H2,1-6H3,(H3-,50,51,54,55,56,57,58,59)/p+1/t32-,33-/m0/s1. The molecule has 0 fully saturated rings. The van der Waals surface area contributed by atoms with Crippen LogP contribution in [0, 0.1) is 0 Å². The molecule has 2 amide bonds. The molecule has 3 aliphatic rings. The summed E-state index contributed by atoms with van der Waals surface area (Å²) in [4.78, 5) is 49.1. The average Bonchev–Trinajstić information content (AvgIpc) is 3.54. The first-order valence-electron chi connectivity index (χ1n) is 21.2. The highest BCUT2D eigenvalue weighted by atomic mass is 35.5. The van der Waals surface area contributed by atoms with Crippen molar-refractivity contribution in [3.05, 3.63) is 106 Å². The summed E-state index contributed by atoms with van der Waals surface area (Å²) in [5, 5.41) is 24.1. The van der Waals surface area contributed by atoms with Crippen molar-refractivity contribution in [1.29, 1.82) is 0 Å². The van der Waals surface area contributed by atoms with Crippen molar-refractivity contribution in [3.63, 3.8) is 0 Å². The number of amides is 2. The number of unbranched alkanes of at least 4 members (excludes halogenated alkanes) is 4. The van der Waals surface area contributed by atoms with Crippen LogP contribution in [0.25, 0.3) is 0 Å². The number of nitrogens with one attached hydrogen (secondary N) is 2.